The van der Waals surface area contributed by atoms with E-state index in [1.54, 1.807) is 23.3 Å². The molecule has 0 unspecified atom stereocenters. The van der Waals surface area contributed by atoms with Crippen molar-refractivity contribution in [3.63, 3.8) is 0 Å². The van der Waals surface area contributed by atoms with Crippen molar-refractivity contribution in [2.45, 2.75) is 13.1 Å². The third kappa shape index (κ3) is 4.73. The number of nitro groups is 1. The number of methoxy groups -OCH3 is 1. The first-order chi connectivity index (χ1) is 15.5. The molecule has 1 aliphatic heterocycles. The van der Waals surface area contributed by atoms with E-state index in [9.17, 15) is 14.9 Å². The van der Waals surface area contributed by atoms with Gasteiger partial charge >= 0.3 is 0 Å². The number of para-hydroxylation sites is 1. The average molecular weight is 452 g/mol. The SMILES string of the molecule is COc1ccccc1CN(Cc1cccs1)C(=O)/C=C/c1cc2c(cc1[N+](=O)[O-])OCO2. The third-order valence-electron chi connectivity index (χ3n) is 4.92. The van der Waals surface area contributed by atoms with E-state index in [0.717, 1.165) is 10.4 Å². The van der Waals surface area contributed by atoms with Crippen LogP contribution in [-0.2, 0) is 17.9 Å². The van der Waals surface area contributed by atoms with Gasteiger partial charge in [0, 0.05) is 23.1 Å². The Labute approximate surface area is 188 Å². The summed E-state index contributed by atoms with van der Waals surface area (Å²) < 4.78 is 16.0. The second kappa shape index (κ2) is 9.52. The molecule has 1 aromatic heterocycles. The van der Waals surface area contributed by atoms with Crippen molar-refractivity contribution in [3.8, 4) is 17.2 Å². The first kappa shape index (κ1) is 21.4. The number of thiophene rings is 1. The summed E-state index contributed by atoms with van der Waals surface area (Å²) in [6.07, 6.45) is 2.78. The topological polar surface area (TPSA) is 91.1 Å². The largest absolute Gasteiger partial charge is 0.496 e. The van der Waals surface area contributed by atoms with Crippen molar-refractivity contribution >= 4 is 29.0 Å². The normalized spacial score (nSPS) is 12.2. The molecule has 4 rings (SSSR count). The Morgan fingerprint density at radius 2 is 1.97 bits per heavy atom. The third-order valence-corrected chi connectivity index (χ3v) is 5.78. The van der Waals surface area contributed by atoms with E-state index in [4.69, 9.17) is 14.2 Å². The predicted octanol–water partition coefficient (Wildman–Crippen LogP) is 4.64. The van der Waals surface area contributed by atoms with Gasteiger partial charge in [-0.15, -0.1) is 11.3 Å². The molecule has 0 fully saturated rings. The molecule has 2 aromatic carbocycles. The molecule has 0 atom stereocenters. The molecule has 0 spiro atoms. The summed E-state index contributed by atoms with van der Waals surface area (Å²) in [4.78, 5) is 26.8. The highest BCUT2D eigenvalue weighted by molar-refractivity contribution is 7.09. The summed E-state index contributed by atoms with van der Waals surface area (Å²) in [7, 11) is 1.59. The lowest BCUT2D eigenvalue weighted by Crippen LogP contribution is -2.28. The highest BCUT2D eigenvalue weighted by atomic mass is 32.1. The fraction of sp³-hybridized carbons (Fsp3) is 0.174. The molecular formula is C23H20N2O6S. The molecule has 0 aliphatic carbocycles. The minimum Gasteiger partial charge on any atom is -0.496 e. The Hall–Kier alpha value is -3.85. The number of carbonyl (C=O) groups is 1. The van der Waals surface area contributed by atoms with Crippen LogP contribution in [0, 0.1) is 10.1 Å². The Morgan fingerprint density at radius 1 is 1.19 bits per heavy atom. The molecule has 2 heterocycles. The summed E-state index contributed by atoms with van der Waals surface area (Å²) in [5, 5.41) is 13.4. The van der Waals surface area contributed by atoms with E-state index < -0.39 is 4.92 Å². The Kier molecular flexibility index (Phi) is 6.37. The number of nitro benzene ring substituents is 1. The fourth-order valence-electron chi connectivity index (χ4n) is 3.35. The highest BCUT2D eigenvalue weighted by Gasteiger charge is 2.23. The molecule has 32 heavy (non-hydrogen) atoms. The minimum atomic E-state index is -0.510. The lowest BCUT2D eigenvalue weighted by Gasteiger charge is -2.22. The minimum absolute atomic E-state index is 0.00604. The molecule has 8 nitrogen and oxygen atoms in total. The van der Waals surface area contributed by atoms with Gasteiger partial charge in [0.25, 0.3) is 5.69 Å². The standard InChI is InChI=1S/C23H20N2O6S/c1-29-20-7-3-2-5-17(20)13-24(14-18-6-4-10-32-18)23(26)9-8-16-11-21-22(31-15-30-21)12-19(16)25(27)28/h2-12H,13-15H2,1H3/b9-8+. The number of hydrogen-bond acceptors (Lipinski definition) is 7. The highest BCUT2D eigenvalue weighted by Crippen LogP contribution is 2.38. The van der Waals surface area contributed by atoms with Crippen molar-refractivity contribution in [3.05, 3.63) is 86.1 Å². The van der Waals surface area contributed by atoms with Crippen LogP contribution in [0.4, 0.5) is 5.69 Å². The van der Waals surface area contributed by atoms with Crippen LogP contribution in [0.3, 0.4) is 0 Å². The molecule has 1 aliphatic rings. The van der Waals surface area contributed by atoms with E-state index in [1.807, 2.05) is 41.8 Å². The van der Waals surface area contributed by atoms with Crippen molar-refractivity contribution in [2.24, 2.45) is 0 Å². The maximum Gasteiger partial charge on any atom is 0.280 e. The van der Waals surface area contributed by atoms with Crippen LogP contribution in [-0.4, -0.2) is 29.6 Å². The van der Waals surface area contributed by atoms with Gasteiger partial charge in [-0.2, -0.15) is 0 Å². The van der Waals surface area contributed by atoms with Crippen molar-refractivity contribution in [1.82, 2.24) is 4.90 Å². The van der Waals surface area contributed by atoms with Gasteiger partial charge in [0.15, 0.2) is 11.5 Å². The summed E-state index contributed by atoms with van der Waals surface area (Å²) in [6.45, 7) is 0.739. The molecule has 0 bridgehead atoms. The molecule has 0 radical (unpaired) electrons. The maximum atomic E-state index is 13.1. The zero-order chi connectivity index (χ0) is 22.5. The van der Waals surface area contributed by atoms with Gasteiger partial charge in [0.05, 0.1) is 30.2 Å². The van der Waals surface area contributed by atoms with Crippen molar-refractivity contribution in [1.29, 1.82) is 0 Å². The van der Waals surface area contributed by atoms with E-state index in [0.29, 0.717) is 30.3 Å². The van der Waals surface area contributed by atoms with E-state index in [1.165, 1.54) is 24.3 Å². The summed E-state index contributed by atoms with van der Waals surface area (Å²) in [6, 6.07) is 14.2. The monoisotopic (exact) mass is 452 g/mol. The second-order valence-corrected chi connectivity index (χ2v) is 7.97. The number of fused-ring (bicyclic) bond motifs is 1. The van der Waals surface area contributed by atoms with Crippen LogP contribution in [0.1, 0.15) is 16.0 Å². The Morgan fingerprint density at radius 3 is 2.69 bits per heavy atom. The second-order valence-electron chi connectivity index (χ2n) is 6.94. The predicted molar refractivity (Wildman–Crippen MR) is 120 cm³/mol. The van der Waals surface area contributed by atoms with Crippen LogP contribution in [0.15, 0.2) is 60.0 Å². The van der Waals surface area contributed by atoms with E-state index >= 15 is 0 Å². The van der Waals surface area contributed by atoms with Crippen LogP contribution < -0.4 is 14.2 Å². The Bertz CT molecular complexity index is 1160. The number of benzene rings is 2. The quantitative estimate of drug-likeness (QED) is 0.281. The van der Waals surface area contributed by atoms with Gasteiger partial charge in [-0.1, -0.05) is 24.3 Å². The molecular weight excluding hydrogens is 432 g/mol. The number of rotatable bonds is 8. The van der Waals surface area contributed by atoms with Gasteiger partial charge in [0.1, 0.15) is 5.75 Å². The maximum absolute atomic E-state index is 13.1. The first-order valence-electron chi connectivity index (χ1n) is 9.74. The van der Waals surface area contributed by atoms with Crippen molar-refractivity contribution < 1.29 is 23.9 Å². The molecule has 3 aromatic rings. The van der Waals surface area contributed by atoms with Crippen molar-refractivity contribution in [2.75, 3.05) is 13.9 Å². The number of amides is 1. The molecule has 0 N–H and O–H groups in total. The van der Waals surface area contributed by atoms with E-state index in [2.05, 4.69) is 0 Å². The fourth-order valence-corrected chi connectivity index (χ4v) is 4.07. The number of ether oxygens (including phenoxy) is 3. The smallest absolute Gasteiger partial charge is 0.280 e. The lowest BCUT2D eigenvalue weighted by molar-refractivity contribution is -0.385. The van der Waals surface area contributed by atoms with Gasteiger partial charge in [0.2, 0.25) is 12.7 Å². The van der Waals surface area contributed by atoms with Gasteiger partial charge in [-0.05, 0) is 29.7 Å². The average Bonchev–Trinajstić information content (AvgIpc) is 3.48. The van der Waals surface area contributed by atoms with Crippen LogP contribution in [0.25, 0.3) is 6.08 Å². The van der Waals surface area contributed by atoms with E-state index in [-0.39, 0.29) is 24.0 Å². The lowest BCUT2D eigenvalue weighted by atomic mass is 10.1. The van der Waals surface area contributed by atoms with Gasteiger partial charge < -0.3 is 19.1 Å². The molecule has 0 saturated carbocycles. The summed E-state index contributed by atoms with van der Waals surface area (Å²) in [5.41, 5.74) is 0.969. The number of hydrogen-bond donors (Lipinski definition) is 0. The van der Waals surface area contributed by atoms with Crippen LogP contribution in [0.5, 0.6) is 17.2 Å². The molecule has 9 heteroatoms. The zero-order valence-electron chi connectivity index (χ0n) is 17.2. The molecule has 1 amide bonds. The van der Waals surface area contributed by atoms with Gasteiger partial charge in [-0.25, -0.2) is 0 Å². The summed E-state index contributed by atoms with van der Waals surface area (Å²) in [5.74, 6) is 1.13. The van der Waals surface area contributed by atoms with Crippen LogP contribution >= 0.6 is 11.3 Å². The molecule has 164 valence electrons. The van der Waals surface area contributed by atoms with Crippen LogP contribution in [0.2, 0.25) is 0 Å². The first-order valence-corrected chi connectivity index (χ1v) is 10.6. The Balaban J connectivity index is 1.61. The summed E-state index contributed by atoms with van der Waals surface area (Å²) >= 11 is 1.55. The van der Waals surface area contributed by atoms with Gasteiger partial charge in [-0.3, -0.25) is 14.9 Å². The number of carbonyl (C=O) groups excluding carboxylic acids is 1. The zero-order valence-corrected chi connectivity index (χ0v) is 18.0. The number of nitrogens with zero attached hydrogens (tertiary/aromatic N) is 2. The molecule has 0 saturated heterocycles.